The molecule has 1 aliphatic rings. The zero-order valence-corrected chi connectivity index (χ0v) is 12.3. The lowest BCUT2D eigenvalue weighted by molar-refractivity contribution is 0.304. The Balaban J connectivity index is 1.55. The zero-order chi connectivity index (χ0) is 11.9. The van der Waals surface area contributed by atoms with E-state index < -0.39 is 0 Å². The number of hydrogen-bond acceptors (Lipinski definition) is 2. The molecular formula is C14H20INO. The van der Waals surface area contributed by atoms with Crippen LogP contribution in [0.15, 0.2) is 24.3 Å². The second-order valence-corrected chi connectivity index (χ2v) is 5.84. The highest BCUT2D eigenvalue weighted by Crippen LogP contribution is 2.17. The maximum atomic E-state index is 5.68. The molecule has 0 atom stereocenters. The molecule has 0 bridgehead atoms. The molecule has 0 heterocycles. The summed E-state index contributed by atoms with van der Waals surface area (Å²) in [5.41, 5.74) is 0. The van der Waals surface area contributed by atoms with Crippen LogP contribution in [0.25, 0.3) is 0 Å². The van der Waals surface area contributed by atoms with Crippen LogP contribution in [0.4, 0.5) is 0 Å². The molecule has 94 valence electrons. The van der Waals surface area contributed by atoms with E-state index in [-0.39, 0.29) is 0 Å². The minimum absolute atomic E-state index is 0.772. The van der Waals surface area contributed by atoms with Gasteiger partial charge in [-0.2, -0.15) is 0 Å². The van der Waals surface area contributed by atoms with Gasteiger partial charge in [0, 0.05) is 9.61 Å². The highest BCUT2D eigenvalue weighted by molar-refractivity contribution is 14.1. The minimum Gasteiger partial charge on any atom is -0.494 e. The third-order valence-electron chi connectivity index (χ3n) is 3.19. The van der Waals surface area contributed by atoms with Gasteiger partial charge < -0.3 is 10.1 Å². The second-order valence-electron chi connectivity index (χ2n) is 4.59. The third-order valence-corrected chi connectivity index (χ3v) is 3.91. The van der Waals surface area contributed by atoms with Crippen molar-refractivity contribution in [3.8, 4) is 5.75 Å². The highest BCUT2D eigenvalue weighted by atomic mass is 127. The molecule has 0 radical (unpaired) electrons. The van der Waals surface area contributed by atoms with Gasteiger partial charge in [0.05, 0.1) is 6.61 Å². The van der Waals surface area contributed by atoms with Crippen molar-refractivity contribution in [3.05, 3.63) is 27.8 Å². The zero-order valence-electron chi connectivity index (χ0n) is 10.1. The van der Waals surface area contributed by atoms with Gasteiger partial charge in [-0.3, -0.25) is 0 Å². The van der Waals surface area contributed by atoms with Gasteiger partial charge >= 0.3 is 0 Å². The maximum Gasteiger partial charge on any atom is 0.119 e. The topological polar surface area (TPSA) is 21.3 Å². The molecule has 2 nitrogen and oxygen atoms in total. The van der Waals surface area contributed by atoms with Gasteiger partial charge in [-0.15, -0.1) is 0 Å². The Morgan fingerprint density at radius 1 is 1.18 bits per heavy atom. The predicted molar refractivity (Wildman–Crippen MR) is 79.5 cm³/mol. The van der Waals surface area contributed by atoms with Gasteiger partial charge in [-0.05, 0) is 72.7 Å². The van der Waals surface area contributed by atoms with Crippen molar-refractivity contribution in [2.45, 2.75) is 38.1 Å². The van der Waals surface area contributed by atoms with Crippen molar-refractivity contribution < 1.29 is 4.74 Å². The SMILES string of the molecule is Ic1ccc(OCCCNC2CCCC2)cc1. The average Bonchev–Trinajstić information content (AvgIpc) is 2.84. The summed E-state index contributed by atoms with van der Waals surface area (Å²) in [4.78, 5) is 0. The number of ether oxygens (including phenoxy) is 1. The number of benzene rings is 1. The van der Waals surface area contributed by atoms with Crippen LogP contribution in [0, 0.1) is 3.57 Å². The van der Waals surface area contributed by atoms with Crippen LogP contribution in [-0.2, 0) is 0 Å². The lowest BCUT2D eigenvalue weighted by Crippen LogP contribution is -2.27. The van der Waals surface area contributed by atoms with Crippen LogP contribution in [0.1, 0.15) is 32.1 Å². The number of halogens is 1. The Morgan fingerprint density at radius 3 is 2.59 bits per heavy atom. The van der Waals surface area contributed by atoms with E-state index in [0.717, 1.165) is 31.4 Å². The van der Waals surface area contributed by atoms with E-state index in [4.69, 9.17) is 4.74 Å². The lowest BCUT2D eigenvalue weighted by atomic mass is 10.2. The van der Waals surface area contributed by atoms with Crippen LogP contribution >= 0.6 is 22.6 Å². The first-order valence-corrected chi connectivity index (χ1v) is 7.54. The van der Waals surface area contributed by atoms with Crippen molar-refractivity contribution in [1.82, 2.24) is 5.32 Å². The van der Waals surface area contributed by atoms with Crippen molar-refractivity contribution in [2.24, 2.45) is 0 Å². The Hall–Kier alpha value is -0.290. The van der Waals surface area contributed by atoms with Gasteiger partial charge in [-0.25, -0.2) is 0 Å². The molecule has 3 heteroatoms. The first-order valence-electron chi connectivity index (χ1n) is 6.46. The summed E-state index contributed by atoms with van der Waals surface area (Å²) in [6.45, 7) is 1.88. The Bertz CT molecular complexity index is 319. The van der Waals surface area contributed by atoms with E-state index in [9.17, 15) is 0 Å². The summed E-state index contributed by atoms with van der Waals surface area (Å²) < 4.78 is 6.93. The first kappa shape index (κ1) is 13.1. The molecule has 2 rings (SSSR count). The summed E-state index contributed by atoms with van der Waals surface area (Å²) in [6.07, 6.45) is 6.60. The average molecular weight is 345 g/mol. The van der Waals surface area contributed by atoms with E-state index in [0.29, 0.717) is 0 Å². The molecule has 1 aromatic rings. The fraction of sp³-hybridized carbons (Fsp3) is 0.571. The van der Waals surface area contributed by atoms with E-state index in [1.807, 2.05) is 12.1 Å². The molecule has 17 heavy (non-hydrogen) atoms. The molecule has 1 saturated carbocycles. The molecule has 1 fully saturated rings. The molecule has 1 aromatic carbocycles. The van der Waals surface area contributed by atoms with E-state index in [1.54, 1.807) is 0 Å². The Morgan fingerprint density at radius 2 is 1.88 bits per heavy atom. The second kappa shape index (κ2) is 7.21. The number of hydrogen-bond donors (Lipinski definition) is 1. The highest BCUT2D eigenvalue weighted by Gasteiger charge is 2.13. The van der Waals surface area contributed by atoms with Crippen LogP contribution < -0.4 is 10.1 Å². The van der Waals surface area contributed by atoms with Gasteiger partial charge in [0.25, 0.3) is 0 Å². The van der Waals surface area contributed by atoms with Gasteiger partial charge in [0.1, 0.15) is 5.75 Å². The molecule has 1 N–H and O–H groups in total. The standard InChI is InChI=1S/C14H20INO/c15-12-6-8-14(9-7-12)17-11-3-10-16-13-4-1-2-5-13/h6-9,13,16H,1-5,10-11H2. The van der Waals surface area contributed by atoms with E-state index in [1.165, 1.54) is 29.3 Å². The Labute approximate surface area is 117 Å². The molecular weight excluding hydrogens is 325 g/mol. The maximum absolute atomic E-state index is 5.68. The third kappa shape index (κ3) is 4.84. The fourth-order valence-electron chi connectivity index (χ4n) is 2.23. The monoisotopic (exact) mass is 345 g/mol. The smallest absolute Gasteiger partial charge is 0.119 e. The summed E-state index contributed by atoms with van der Waals surface area (Å²) in [5.74, 6) is 0.978. The van der Waals surface area contributed by atoms with Gasteiger partial charge in [0.2, 0.25) is 0 Å². The number of rotatable bonds is 6. The molecule has 0 spiro atoms. The molecule has 0 amide bonds. The van der Waals surface area contributed by atoms with Gasteiger partial charge in [0.15, 0.2) is 0 Å². The van der Waals surface area contributed by atoms with E-state index >= 15 is 0 Å². The largest absolute Gasteiger partial charge is 0.494 e. The van der Waals surface area contributed by atoms with E-state index in [2.05, 4.69) is 40.0 Å². The summed E-state index contributed by atoms with van der Waals surface area (Å²) in [6, 6.07) is 8.99. The van der Waals surface area contributed by atoms with Crippen LogP contribution in [0.5, 0.6) is 5.75 Å². The fourth-order valence-corrected chi connectivity index (χ4v) is 2.59. The quantitative estimate of drug-likeness (QED) is 0.628. The molecule has 1 aliphatic carbocycles. The minimum atomic E-state index is 0.772. The van der Waals surface area contributed by atoms with Crippen LogP contribution in [0.3, 0.4) is 0 Å². The first-order chi connectivity index (χ1) is 8.34. The lowest BCUT2D eigenvalue weighted by Gasteiger charge is -2.11. The summed E-state index contributed by atoms with van der Waals surface area (Å²) in [5, 5.41) is 3.60. The molecule has 0 aliphatic heterocycles. The number of nitrogens with one attached hydrogen (secondary N) is 1. The Kier molecular flexibility index (Phi) is 5.58. The van der Waals surface area contributed by atoms with Crippen molar-refractivity contribution >= 4 is 22.6 Å². The van der Waals surface area contributed by atoms with Crippen LogP contribution in [0.2, 0.25) is 0 Å². The molecule has 0 saturated heterocycles. The molecule has 0 unspecified atom stereocenters. The summed E-state index contributed by atoms with van der Waals surface area (Å²) >= 11 is 2.30. The predicted octanol–water partition coefficient (Wildman–Crippen LogP) is 3.59. The molecule has 0 aromatic heterocycles. The van der Waals surface area contributed by atoms with Crippen molar-refractivity contribution in [3.63, 3.8) is 0 Å². The summed E-state index contributed by atoms with van der Waals surface area (Å²) in [7, 11) is 0. The van der Waals surface area contributed by atoms with Gasteiger partial charge in [-0.1, -0.05) is 12.8 Å². The van der Waals surface area contributed by atoms with Crippen molar-refractivity contribution in [2.75, 3.05) is 13.2 Å². The van der Waals surface area contributed by atoms with Crippen LogP contribution in [-0.4, -0.2) is 19.2 Å². The normalized spacial score (nSPS) is 16.3. The van der Waals surface area contributed by atoms with Crippen molar-refractivity contribution in [1.29, 1.82) is 0 Å².